The summed E-state index contributed by atoms with van der Waals surface area (Å²) in [6.07, 6.45) is 0.647. The Kier molecular flexibility index (Phi) is 11.4. The van der Waals surface area contributed by atoms with Crippen LogP contribution in [-0.2, 0) is 13.9 Å². The second kappa shape index (κ2) is 14.2. The molecule has 1 N–H and O–H groups in total. The average Bonchev–Trinajstić information content (AvgIpc) is 3.42. The van der Waals surface area contributed by atoms with Crippen LogP contribution in [0.1, 0.15) is 70.5 Å². The molecule has 0 saturated carbocycles. The second-order valence-electron chi connectivity index (χ2n) is 13.5. The number of carbonyl (C=O) groups excluding carboxylic acids is 2. The van der Waals surface area contributed by atoms with Crippen molar-refractivity contribution in [2.75, 3.05) is 25.5 Å². The second-order valence-corrected chi connectivity index (χ2v) is 18.7. The van der Waals surface area contributed by atoms with Gasteiger partial charge in [0.2, 0.25) is 0 Å². The number of ether oxygens (including phenoxy) is 2. The highest BCUT2D eigenvalue weighted by Gasteiger charge is 2.41. The van der Waals surface area contributed by atoms with Gasteiger partial charge in [0.05, 0.1) is 26.0 Å². The maximum atomic E-state index is 13.7. The van der Waals surface area contributed by atoms with Gasteiger partial charge in [-0.05, 0) is 93.9 Å². The lowest BCUT2D eigenvalue weighted by atomic mass is 10.1. The number of nitrogens with zero attached hydrogens (tertiary/aromatic N) is 1. The van der Waals surface area contributed by atoms with Gasteiger partial charge >= 0.3 is 12.1 Å². The van der Waals surface area contributed by atoms with Gasteiger partial charge in [-0.15, -0.1) is 0 Å². The lowest BCUT2D eigenvalue weighted by Crippen LogP contribution is -2.49. The number of nitrogens with one attached hydrogen (secondary N) is 1. The number of anilines is 1. The lowest BCUT2D eigenvalue weighted by Gasteiger charge is -2.41. The minimum atomic E-state index is -2.24. The highest BCUT2D eigenvalue weighted by atomic mass is 35.5. The number of furan rings is 1. The first-order valence-electron chi connectivity index (χ1n) is 14.8. The molecule has 1 heterocycles. The maximum absolute atomic E-state index is 13.7. The predicted octanol–water partition coefficient (Wildman–Crippen LogP) is 9.19. The normalized spacial score (nSPS) is 13.6. The number of rotatable bonds is 11. The first-order chi connectivity index (χ1) is 20.4. The number of esters is 1. The molecule has 0 aliphatic carbocycles. The van der Waals surface area contributed by atoms with Gasteiger partial charge in [-0.2, -0.15) is 0 Å². The van der Waals surface area contributed by atoms with Crippen LogP contribution in [0.15, 0.2) is 65.3 Å². The summed E-state index contributed by atoms with van der Waals surface area (Å²) in [5.41, 5.74) is 2.20. The van der Waals surface area contributed by atoms with Crippen LogP contribution < -0.4 is 5.32 Å². The maximum Gasteiger partial charge on any atom is 0.410 e. The van der Waals surface area contributed by atoms with E-state index >= 15 is 0 Å². The Morgan fingerprint density at radius 3 is 2.25 bits per heavy atom. The first-order valence-corrected chi connectivity index (χ1v) is 18.1. The molecule has 3 rings (SSSR count). The summed E-state index contributed by atoms with van der Waals surface area (Å²) < 4.78 is 23.2. The Morgan fingerprint density at radius 1 is 1.02 bits per heavy atom. The monoisotopic (exact) mass is 642 g/mol. The average molecular weight is 643 g/mol. The molecule has 0 radical (unpaired) electrons. The van der Waals surface area contributed by atoms with Gasteiger partial charge in [0.1, 0.15) is 16.9 Å². The molecule has 0 aliphatic heterocycles. The number of hydrogen-bond acceptors (Lipinski definition) is 7. The third-order valence-corrected chi connectivity index (χ3v) is 12.5. The van der Waals surface area contributed by atoms with E-state index in [1.165, 1.54) is 13.4 Å². The van der Waals surface area contributed by atoms with Crippen molar-refractivity contribution in [3.8, 4) is 11.3 Å². The molecule has 2 atom stereocenters. The van der Waals surface area contributed by atoms with Crippen molar-refractivity contribution in [2.45, 2.75) is 84.3 Å². The van der Waals surface area contributed by atoms with Gasteiger partial charge < -0.3 is 28.5 Å². The summed E-state index contributed by atoms with van der Waals surface area (Å²) >= 11 is 6.40. The molecule has 10 heteroatoms. The van der Waals surface area contributed by atoms with Crippen molar-refractivity contribution >= 4 is 37.7 Å². The van der Waals surface area contributed by atoms with Crippen LogP contribution >= 0.6 is 11.6 Å². The SMILES string of the molecule is COC(=O)c1ccoc1-c1ccc(NC[C@@H](C)N(C[C@H](O[Si](C)(C)C(C)(C)C)c2cccc(Cl)c2)C(=O)OC(C)(C)C)cc1. The molecule has 240 valence electrons. The molecule has 0 spiro atoms. The Hall–Kier alpha value is -3.27. The van der Waals surface area contributed by atoms with E-state index in [4.69, 9.17) is 29.9 Å². The predicted molar refractivity (Wildman–Crippen MR) is 179 cm³/mol. The standard InChI is InChI=1S/C34H47ClN2O6Si/c1-23(21-36-27-16-14-24(15-17-27)30-28(18-19-41-30)31(38)40-8)37(32(39)42-33(2,3)4)22-29(25-12-11-13-26(35)20-25)43-44(9,10)34(5,6)7/h11-20,23,29,36H,21-22H2,1-10H3/t23-,29+/m1/s1. The minimum absolute atomic E-state index is 0.0346. The number of halogens is 1. The zero-order valence-corrected chi connectivity index (χ0v) is 29.4. The largest absolute Gasteiger partial charge is 0.465 e. The Labute approximate surface area is 268 Å². The third kappa shape index (κ3) is 9.36. The van der Waals surface area contributed by atoms with Crippen molar-refractivity contribution in [3.05, 3.63) is 77.0 Å². The molecule has 0 fully saturated rings. The summed E-state index contributed by atoms with van der Waals surface area (Å²) in [4.78, 5) is 27.5. The number of benzene rings is 2. The zero-order valence-electron chi connectivity index (χ0n) is 27.6. The molecule has 0 saturated heterocycles. The Bertz CT molecular complexity index is 1410. The fourth-order valence-electron chi connectivity index (χ4n) is 4.30. The topological polar surface area (TPSA) is 90.2 Å². The molecule has 1 aromatic heterocycles. The van der Waals surface area contributed by atoms with Crippen LogP contribution in [0.5, 0.6) is 0 Å². The van der Waals surface area contributed by atoms with E-state index in [0.29, 0.717) is 29.4 Å². The van der Waals surface area contributed by atoms with E-state index in [2.05, 4.69) is 39.2 Å². The van der Waals surface area contributed by atoms with E-state index < -0.39 is 32.1 Å². The summed E-state index contributed by atoms with van der Waals surface area (Å²) in [7, 11) is -0.901. The number of hydrogen-bond donors (Lipinski definition) is 1. The van der Waals surface area contributed by atoms with E-state index in [0.717, 1.165) is 16.8 Å². The summed E-state index contributed by atoms with van der Waals surface area (Å²) in [5.74, 6) is -0.0118. The van der Waals surface area contributed by atoms with Crippen molar-refractivity contribution in [1.29, 1.82) is 0 Å². The first kappa shape index (κ1) is 35.2. The lowest BCUT2D eigenvalue weighted by molar-refractivity contribution is 0.00798. The van der Waals surface area contributed by atoms with E-state index in [-0.39, 0.29) is 11.1 Å². The van der Waals surface area contributed by atoms with Crippen LogP contribution in [0, 0.1) is 0 Å². The number of amides is 1. The van der Waals surface area contributed by atoms with Gasteiger partial charge in [0.25, 0.3) is 0 Å². The highest BCUT2D eigenvalue weighted by Crippen LogP contribution is 2.40. The minimum Gasteiger partial charge on any atom is -0.465 e. The summed E-state index contributed by atoms with van der Waals surface area (Å²) in [5, 5.41) is 4.01. The van der Waals surface area contributed by atoms with Crippen LogP contribution in [-0.4, -0.2) is 57.1 Å². The Balaban J connectivity index is 1.85. The quantitative estimate of drug-likeness (QED) is 0.165. The van der Waals surface area contributed by atoms with E-state index in [1.807, 2.05) is 76.2 Å². The van der Waals surface area contributed by atoms with Gasteiger partial charge in [0.15, 0.2) is 8.32 Å². The van der Waals surface area contributed by atoms with E-state index in [9.17, 15) is 9.59 Å². The van der Waals surface area contributed by atoms with E-state index in [1.54, 1.807) is 11.0 Å². The van der Waals surface area contributed by atoms with Crippen molar-refractivity contribution in [2.24, 2.45) is 0 Å². The fraction of sp³-hybridized carbons (Fsp3) is 0.471. The molecule has 1 amide bonds. The third-order valence-electron chi connectivity index (χ3n) is 7.81. The molecular formula is C34H47ClN2O6Si. The van der Waals surface area contributed by atoms with Gasteiger partial charge in [-0.3, -0.25) is 0 Å². The zero-order chi connectivity index (χ0) is 32.9. The smallest absolute Gasteiger partial charge is 0.410 e. The molecule has 0 aliphatic rings. The number of methoxy groups -OCH3 is 1. The number of carbonyl (C=O) groups is 2. The molecule has 44 heavy (non-hydrogen) atoms. The van der Waals surface area contributed by atoms with Gasteiger partial charge in [-0.25, -0.2) is 9.59 Å². The van der Waals surface area contributed by atoms with Crippen LogP contribution in [0.2, 0.25) is 23.2 Å². The summed E-state index contributed by atoms with van der Waals surface area (Å²) in [6.45, 7) is 19.3. The fourth-order valence-corrected chi connectivity index (χ4v) is 5.78. The van der Waals surface area contributed by atoms with Gasteiger partial charge in [0, 0.05) is 28.9 Å². The van der Waals surface area contributed by atoms with Crippen LogP contribution in [0.25, 0.3) is 11.3 Å². The molecule has 0 unspecified atom stereocenters. The van der Waals surface area contributed by atoms with Crippen LogP contribution in [0.3, 0.4) is 0 Å². The molecule has 3 aromatic rings. The van der Waals surface area contributed by atoms with Crippen molar-refractivity contribution < 1.29 is 27.9 Å². The van der Waals surface area contributed by atoms with Gasteiger partial charge in [-0.1, -0.05) is 44.5 Å². The highest BCUT2D eigenvalue weighted by molar-refractivity contribution is 6.74. The molecule has 0 bridgehead atoms. The van der Waals surface area contributed by atoms with Crippen molar-refractivity contribution in [3.63, 3.8) is 0 Å². The van der Waals surface area contributed by atoms with Crippen LogP contribution in [0.4, 0.5) is 10.5 Å². The molecular weight excluding hydrogens is 596 g/mol. The Morgan fingerprint density at radius 2 is 1.68 bits per heavy atom. The molecule has 8 nitrogen and oxygen atoms in total. The molecule has 2 aromatic carbocycles. The summed E-state index contributed by atoms with van der Waals surface area (Å²) in [6, 6.07) is 16.5. The van der Waals surface area contributed by atoms with Crippen molar-refractivity contribution in [1.82, 2.24) is 4.90 Å².